The van der Waals surface area contributed by atoms with Crippen molar-refractivity contribution < 1.29 is 14.3 Å². The van der Waals surface area contributed by atoms with E-state index in [-0.39, 0.29) is 23.8 Å². The number of Topliss-reactive ketones (excluding diaryl/α,β-unsaturated/α-hetero) is 1. The highest BCUT2D eigenvalue weighted by atomic mass is 79.9. The van der Waals surface area contributed by atoms with Gasteiger partial charge in [-0.3, -0.25) is 18.7 Å². The zero-order valence-electron chi connectivity index (χ0n) is 16.1. The second-order valence-corrected chi connectivity index (χ2v) is 7.90. The van der Waals surface area contributed by atoms with Gasteiger partial charge in [-0.05, 0) is 45.8 Å². The fourth-order valence-corrected chi connectivity index (χ4v) is 4.43. The largest absolute Gasteiger partial charge is 0.497 e. The number of rotatable bonds is 4. The molecule has 0 spiro atoms. The standard InChI is InChI=1S/C21H20BrN3O4/c1-23-18-15(22)4-3-5-16(18)25(21(23)28)19-17(26)10-11-24(20(19)27)12-13-6-8-14(29-2)9-7-13/h3-9,19H,10-12H2,1-2H3. The van der Waals surface area contributed by atoms with E-state index in [1.807, 2.05) is 30.3 Å². The minimum absolute atomic E-state index is 0.212. The van der Waals surface area contributed by atoms with E-state index in [0.717, 1.165) is 15.8 Å². The molecule has 7 nitrogen and oxygen atoms in total. The summed E-state index contributed by atoms with van der Waals surface area (Å²) in [6.07, 6.45) is 0.212. The van der Waals surface area contributed by atoms with Crippen molar-refractivity contribution in [3.63, 3.8) is 0 Å². The average molecular weight is 458 g/mol. The first-order chi connectivity index (χ1) is 13.9. The highest BCUT2D eigenvalue weighted by Gasteiger charge is 2.39. The number of hydrogen-bond acceptors (Lipinski definition) is 4. The molecule has 0 N–H and O–H groups in total. The first-order valence-electron chi connectivity index (χ1n) is 9.22. The summed E-state index contributed by atoms with van der Waals surface area (Å²) in [7, 11) is 3.23. The third-order valence-electron chi connectivity index (χ3n) is 5.32. The number of carbonyl (C=O) groups is 2. The van der Waals surface area contributed by atoms with Crippen molar-refractivity contribution >= 4 is 38.7 Å². The quantitative estimate of drug-likeness (QED) is 0.564. The Morgan fingerprint density at radius 1 is 1.10 bits per heavy atom. The van der Waals surface area contributed by atoms with Crippen LogP contribution in [0.4, 0.5) is 0 Å². The molecule has 150 valence electrons. The maximum Gasteiger partial charge on any atom is 0.330 e. The van der Waals surface area contributed by atoms with Crippen molar-refractivity contribution in [3.8, 4) is 5.75 Å². The number of benzene rings is 2. The number of likely N-dealkylation sites (tertiary alicyclic amines) is 1. The van der Waals surface area contributed by atoms with Gasteiger partial charge in [0, 0.05) is 31.0 Å². The Kier molecular flexibility index (Phi) is 5.04. The van der Waals surface area contributed by atoms with E-state index < -0.39 is 6.04 Å². The summed E-state index contributed by atoms with van der Waals surface area (Å²) in [4.78, 5) is 40.6. The lowest BCUT2D eigenvalue weighted by Gasteiger charge is -2.32. The number of piperidine rings is 1. The predicted molar refractivity (Wildman–Crippen MR) is 112 cm³/mol. The van der Waals surface area contributed by atoms with Gasteiger partial charge in [-0.2, -0.15) is 0 Å². The van der Waals surface area contributed by atoms with Crippen LogP contribution in [-0.4, -0.2) is 39.4 Å². The molecule has 0 radical (unpaired) electrons. The van der Waals surface area contributed by atoms with Crippen molar-refractivity contribution in [1.82, 2.24) is 14.0 Å². The Morgan fingerprint density at radius 2 is 1.83 bits per heavy atom. The Hall–Kier alpha value is -2.87. The smallest absolute Gasteiger partial charge is 0.330 e. The van der Waals surface area contributed by atoms with E-state index in [1.165, 1.54) is 9.13 Å². The highest BCUT2D eigenvalue weighted by molar-refractivity contribution is 9.10. The minimum Gasteiger partial charge on any atom is -0.497 e. The molecule has 0 bridgehead atoms. The van der Waals surface area contributed by atoms with E-state index in [2.05, 4.69) is 15.9 Å². The molecule has 1 fully saturated rings. The molecule has 2 heterocycles. The number of fused-ring (bicyclic) bond motifs is 1. The Labute approximate surface area is 175 Å². The van der Waals surface area contributed by atoms with Crippen molar-refractivity contribution in [2.45, 2.75) is 19.0 Å². The number of methoxy groups -OCH3 is 1. The molecule has 1 saturated heterocycles. The number of amides is 1. The van der Waals surface area contributed by atoms with Gasteiger partial charge in [0.1, 0.15) is 5.75 Å². The molecule has 29 heavy (non-hydrogen) atoms. The lowest BCUT2D eigenvalue weighted by molar-refractivity contribution is -0.145. The van der Waals surface area contributed by atoms with Crippen LogP contribution in [0.1, 0.15) is 18.0 Å². The summed E-state index contributed by atoms with van der Waals surface area (Å²) in [5.74, 6) is 0.141. The van der Waals surface area contributed by atoms with Crippen LogP contribution in [-0.2, 0) is 23.2 Å². The predicted octanol–water partition coefficient (Wildman–Crippen LogP) is 2.65. The second kappa shape index (κ2) is 7.51. The van der Waals surface area contributed by atoms with Gasteiger partial charge in [-0.25, -0.2) is 4.79 Å². The van der Waals surface area contributed by atoms with E-state index >= 15 is 0 Å². The number of hydrogen-bond donors (Lipinski definition) is 0. The second-order valence-electron chi connectivity index (χ2n) is 7.05. The number of aryl methyl sites for hydroxylation is 1. The summed E-state index contributed by atoms with van der Waals surface area (Å²) in [5, 5.41) is 0. The lowest BCUT2D eigenvalue weighted by atomic mass is 10.0. The van der Waals surface area contributed by atoms with Crippen LogP contribution in [0.5, 0.6) is 5.75 Å². The number of nitrogens with zero attached hydrogens (tertiary/aromatic N) is 3. The van der Waals surface area contributed by atoms with Crippen LogP contribution in [0.15, 0.2) is 51.7 Å². The van der Waals surface area contributed by atoms with Crippen LogP contribution >= 0.6 is 15.9 Å². The summed E-state index contributed by atoms with van der Waals surface area (Å²) >= 11 is 3.45. The van der Waals surface area contributed by atoms with Gasteiger partial charge >= 0.3 is 5.69 Å². The van der Waals surface area contributed by atoms with Crippen LogP contribution in [0.3, 0.4) is 0 Å². The van der Waals surface area contributed by atoms with Gasteiger partial charge in [-0.15, -0.1) is 0 Å². The zero-order chi connectivity index (χ0) is 20.7. The summed E-state index contributed by atoms with van der Waals surface area (Å²) in [6.45, 7) is 0.708. The zero-order valence-corrected chi connectivity index (χ0v) is 17.7. The normalized spacial score (nSPS) is 17.2. The summed E-state index contributed by atoms with van der Waals surface area (Å²) in [5.41, 5.74) is 1.76. The molecule has 1 amide bonds. The number of para-hydroxylation sites is 1. The van der Waals surface area contributed by atoms with E-state index in [4.69, 9.17) is 4.74 Å². The number of imidazole rings is 1. The van der Waals surface area contributed by atoms with Gasteiger partial charge in [0.2, 0.25) is 0 Å². The molecule has 0 aliphatic carbocycles. The molecule has 0 saturated carbocycles. The molecule has 1 aliphatic heterocycles. The van der Waals surface area contributed by atoms with Crippen molar-refractivity contribution in [2.24, 2.45) is 7.05 Å². The van der Waals surface area contributed by atoms with Gasteiger partial charge in [0.15, 0.2) is 11.8 Å². The maximum atomic E-state index is 13.3. The third kappa shape index (κ3) is 3.27. The van der Waals surface area contributed by atoms with Crippen LogP contribution in [0.2, 0.25) is 0 Å². The van der Waals surface area contributed by atoms with Crippen molar-refractivity contribution in [1.29, 1.82) is 0 Å². The van der Waals surface area contributed by atoms with E-state index in [9.17, 15) is 14.4 Å². The lowest BCUT2D eigenvalue weighted by Crippen LogP contribution is -2.48. The average Bonchev–Trinajstić information content (AvgIpc) is 2.97. The Bertz CT molecular complexity index is 1160. The molecule has 1 aromatic heterocycles. The molecule has 8 heteroatoms. The van der Waals surface area contributed by atoms with E-state index in [0.29, 0.717) is 24.1 Å². The molecule has 1 atom stereocenters. The number of ether oxygens (including phenoxy) is 1. The van der Waals surface area contributed by atoms with Gasteiger partial charge < -0.3 is 9.64 Å². The van der Waals surface area contributed by atoms with Crippen LogP contribution < -0.4 is 10.4 Å². The summed E-state index contributed by atoms with van der Waals surface area (Å²) in [6, 6.07) is 11.7. The summed E-state index contributed by atoms with van der Waals surface area (Å²) < 4.78 is 8.69. The third-order valence-corrected chi connectivity index (χ3v) is 5.96. The molecule has 3 aromatic rings. The topological polar surface area (TPSA) is 73.5 Å². The minimum atomic E-state index is -1.15. The van der Waals surface area contributed by atoms with Crippen LogP contribution in [0, 0.1) is 0 Å². The van der Waals surface area contributed by atoms with Crippen molar-refractivity contribution in [2.75, 3.05) is 13.7 Å². The molecule has 4 rings (SSSR count). The number of halogens is 1. The van der Waals surface area contributed by atoms with E-state index in [1.54, 1.807) is 31.2 Å². The first-order valence-corrected chi connectivity index (χ1v) is 10.0. The monoisotopic (exact) mass is 457 g/mol. The molecular formula is C21H20BrN3O4. The van der Waals surface area contributed by atoms with Crippen LogP contribution in [0.25, 0.3) is 11.0 Å². The van der Waals surface area contributed by atoms with Gasteiger partial charge in [0.25, 0.3) is 5.91 Å². The Morgan fingerprint density at radius 3 is 2.52 bits per heavy atom. The SMILES string of the molecule is COc1ccc(CN2CCC(=O)C(n3c(=O)n(C)c4c(Br)cccc43)C2=O)cc1. The number of ketones is 1. The number of aromatic nitrogens is 2. The van der Waals surface area contributed by atoms with Gasteiger partial charge in [-0.1, -0.05) is 18.2 Å². The molecule has 1 aliphatic rings. The Balaban J connectivity index is 1.72. The fourth-order valence-electron chi connectivity index (χ4n) is 3.81. The first kappa shape index (κ1) is 19.4. The maximum absolute atomic E-state index is 13.3. The van der Waals surface area contributed by atoms with Gasteiger partial charge in [0.05, 0.1) is 18.1 Å². The molecule has 2 aromatic carbocycles. The fraction of sp³-hybridized carbons (Fsp3) is 0.286. The molecule has 1 unspecified atom stereocenters. The number of carbonyl (C=O) groups excluding carboxylic acids is 2. The highest BCUT2D eigenvalue weighted by Crippen LogP contribution is 2.28. The molecular weight excluding hydrogens is 438 g/mol. The van der Waals surface area contributed by atoms with Crippen molar-refractivity contribution in [3.05, 3.63) is 63.0 Å².